The average Bonchev–Trinajstić information content (AvgIpc) is 3.56. The van der Waals surface area contributed by atoms with Gasteiger partial charge in [-0.1, -0.05) is 0 Å². The Kier molecular flexibility index (Phi) is 5.68. The van der Waals surface area contributed by atoms with Gasteiger partial charge in [-0.2, -0.15) is 0 Å². The summed E-state index contributed by atoms with van der Waals surface area (Å²) >= 11 is 0. The zero-order valence-corrected chi connectivity index (χ0v) is 18.5. The minimum Gasteiger partial charge on any atom is -0.492 e. The Labute approximate surface area is 181 Å². The van der Waals surface area contributed by atoms with Crippen molar-refractivity contribution in [2.45, 2.75) is 44.7 Å². The van der Waals surface area contributed by atoms with Gasteiger partial charge in [-0.25, -0.2) is 9.18 Å². The first kappa shape index (κ1) is 21.6. The predicted molar refractivity (Wildman–Crippen MR) is 118 cm³/mol. The number of methoxy groups -OCH3 is 1. The second kappa shape index (κ2) is 8.15. The van der Waals surface area contributed by atoms with Gasteiger partial charge < -0.3 is 24.2 Å². The summed E-state index contributed by atoms with van der Waals surface area (Å²) < 4.78 is 22.8. The van der Waals surface area contributed by atoms with Gasteiger partial charge in [0.25, 0.3) is 0 Å². The first-order valence-electron chi connectivity index (χ1n) is 10.8. The summed E-state index contributed by atoms with van der Waals surface area (Å²) in [5.41, 5.74) is -0.251. The number of rotatable bonds is 6. The van der Waals surface area contributed by atoms with E-state index in [1.54, 1.807) is 4.57 Å². The maximum atomic E-state index is 15.4. The fourth-order valence-electron chi connectivity index (χ4n) is 4.88. The zero-order valence-electron chi connectivity index (χ0n) is 18.5. The van der Waals surface area contributed by atoms with Crippen molar-refractivity contribution in [3.8, 4) is 5.75 Å². The molecule has 1 aliphatic carbocycles. The van der Waals surface area contributed by atoms with Gasteiger partial charge >= 0.3 is 5.97 Å². The molecule has 0 amide bonds. The molecule has 2 atom stereocenters. The zero-order chi connectivity index (χ0) is 22.4. The number of carboxylic acid groups (broad SMARTS) is 1. The van der Waals surface area contributed by atoms with E-state index >= 15 is 4.39 Å². The number of likely N-dealkylation sites (tertiary alicyclic amines) is 1. The number of hydrogen-bond donors (Lipinski definition) is 1. The molecule has 0 spiro atoms. The summed E-state index contributed by atoms with van der Waals surface area (Å²) in [5, 5.41) is 9.51. The van der Waals surface area contributed by atoms with Crippen molar-refractivity contribution in [1.29, 1.82) is 0 Å². The Bertz CT molecular complexity index is 1080. The molecule has 168 valence electrons. The van der Waals surface area contributed by atoms with Crippen LogP contribution in [0.4, 0.5) is 10.1 Å². The number of ether oxygens (including phenoxy) is 1. The molecular formula is C23H30FN3O4. The van der Waals surface area contributed by atoms with Gasteiger partial charge in [0, 0.05) is 31.9 Å². The van der Waals surface area contributed by atoms with Crippen molar-refractivity contribution in [2.24, 2.45) is 5.92 Å². The Morgan fingerprint density at radius 3 is 2.68 bits per heavy atom. The first-order valence-corrected chi connectivity index (χ1v) is 10.8. The molecule has 2 heterocycles. The highest BCUT2D eigenvalue weighted by atomic mass is 19.1. The van der Waals surface area contributed by atoms with Gasteiger partial charge in [0.15, 0.2) is 11.6 Å². The van der Waals surface area contributed by atoms with E-state index in [4.69, 9.17) is 4.74 Å². The quantitative estimate of drug-likeness (QED) is 0.756. The number of halogens is 1. The van der Waals surface area contributed by atoms with Crippen LogP contribution in [0.25, 0.3) is 10.9 Å². The molecule has 2 fully saturated rings. The maximum absolute atomic E-state index is 15.4. The van der Waals surface area contributed by atoms with Crippen molar-refractivity contribution in [1.82, 2.24) is 9.47 Å². The van der Waals surface area contributed by atoms with Crippen LogP contribution in [0, 0.1) is 11.7 Å². The lowest BCUT2D eigenvalue weighted by Gasteiger charge is -2.39. The summed E-state index contributed by atoms with van der Waals surface area (Å²) in [4.78, 5) is 28.6. The molecule has 0 radical (unpaired) electrons. The van der Waals surface area contributed by atoms with E-state index in [9.17, 15) is 14.7 Å². The minimum atomic E-state index is -1.31. The second-order valence-electron chi connectivity index (χ2n) is 8.96. The first-order chi connectivity index (χ1) is 14.7. The maximum Gasteiger partial charge on any atom is 0.341 e. The van der Waals surface area contributed by atoms with Crippen LogP contribution in [0.2, 0.25) is 0 Å². The Balaban J connectivity index is 1.85. The van der Waals surface area contributed by atoms with E-state index in [1.807, 2.05) is 11.9 Å². The number of pyridine rings is 1. The second-order valence-corrected chi connectivity index (χ2v) is 8.96. The molecule has 1 saturated carbocycles. The molecular weight excluding hydrogens is 401 g/mol. The van der Waals surface area contributed by atoms with Crippen LogP contribution in [0.15, 0.2) is 17.1 Å². The minimum absolute atomic E-state index is 0.0454. The molecule has 8 heteroatoms. The summed E-state index contributed by atoms with van der Waals surface area (Å²) in [6, 6.07) is 1.65. The highest BCUT2D eigenvalue weighted by Crippen LogP contribution is 2.43. The van der Waals surface area contributed by atoms with Gasteiger partial charge in [0.2, 0.25) is 5.43 Å². The number of aromatic nitrogens is 1. The van der Waals surface area contributed by atoms with E-state index in [0.717, 1.165) is 32.2 Å². The van der Waals surface area contributed by atoms with Crippen LogP contribution < -0.4 is 15.1 Å². The molecule has 1 N–H and O–H groups in total. The van der Waals surface area contributed by atoms with E-state index in [-0.39, 0.29) is 22.7 Å². The highest BCUT2D eigenvalue weighted by Gasteiger charge is 2.32. The fraction of sp³-hybridized carbons (Fsp3) is 0.565. The Hall–Kier alpha value is -2.61. The highest BCUT2D eigenvalue weighted by molar-refractivity contribution is 5.97. The monoisotopic (exact) mass is 431 g/mol. The van der Waals surface area contributed by atoms with Crippen LogP contribution in [0.5, 0.6) is 5.75 Å². The summed E-state index contributed by atoms with van der Waals surface area (Å²) in [6.45, 7) is 3.92. The average molecular weight is 432 g/mol. The lowest BCUT2D eigenvalue weighted by Crippen LogP contribution is -2.45. The van der Waals surface area contributed by atoms with Crippen LogP contribution in [0.1, 0.15) is 49.0 Å². The Morgan fingerprint density at radius 2 is 2.06 bits per heavy atom. The normalized spacial score (nSPS) is 22.0. The van der Waals surface area contributed by atoms with E-state index in [1.165, 1.54) is 19.4 Å². The standard InChI is InChI=1S/C23H30FN3O4/c1-13-14(6-5-9-25(13)2)11-26(3)20-18(24)10-16-19(22(20)31-4)27(15-7-8-15)12-17(21(16)28)23(29)30/h10,12-15H,5-9,11H2,1-4H3,(H,29,30)/t13-,14+/m1/s1. The summed E-state index contributed by atoms with van der Waals surface area (Å²) in [6.07, 6.45) is 5.33. The van der Waals surface area contributed by atoms with Gasteiger partial charge in [0.1, 0.15) is 11.3 Å². The lowest BCUT2D eigenvalue weighted by molar-refractivity contribution is 0.0695. The van der Waals surface area contributed by atoms with Gasteiger partial charge in [-0.15, -0.1) is 0 Å². The molecule has 1 aliphatic heterocycles. The van der Waals surface area contributed by atoms with Crippen molar-refractivity contribution >= 4 is 22.6 Å². The number of carboxylic acids is 1. The Morgan fingerprint density at radius 1 is 1.35 bits per heavy atom. The van der Waals surface area contributed by atoms with E-state index in [2.05, 4.69) is 18.9 Å². The largest absolute Gasteiger partial charge is 0.492 e. The molecule has 1 aromatic heterocycles. The summed E-state index contributed by atoms with van der Waals surface area (Å²) in [5.74, 6) is -1.22. The van der Waals surface area contributed by atoms with E-state index < -0.39 is 17.2 Å². The van der Waals surface area contributed by atoms with Crippen molar-refractivity contribution in [3.63, 3.8) is 0 Å². The molecule has 2 aliphatic rings. The van der Waals surface area contributed by atoms with Gasteiger partial charge in [0.05, 0.1) is 18.0 Å². The van der Waals surface area contributed by atoms with Crippen molar-refractivity contribution in [3.05, 3.63) is 33.9 Å². The molecule has 1 saturated heterocycles. The molecule has 4 rings (SSSR count). The topological polar surface area (TPSA) is 75.0 Å². The molecule has 7 nitrogen and oxygen atoms in total. The molecule has 0 unspecified atom stereocenters. The molecule has 0 bridgehead atoms. The number of benzene rings is 1. The van der Waals surface area contributed by atoms with E-state index in [0.29, 0.717) is 29.7 Å². The third-order valence-electron chi connectivity index (χ3n) is 6.93. The smallest absolute Gasteiger partial charge is 0.341 e. The van der Waals surface area contributed by atoms with Crippen LogP contribution in [0.3, 0.4) is 0 Å². The third kappa shape index (κ3) is 3.78. The summed E-state index contributed by atoms with van der Waals surface area (Å²) in [7, 11) is 5.43. The molecule has 2 aromatic rings. The van der Waals surface area contributed by atoms with Gasteiger partial charge in [-0.05, 0) is 58.2 Å². The number of carbonyl (C=O) groups is 1. The van der Waals surface area contributed by atoms with Crippen LogP contribution in [-0.2, 0) is 0 Å². The van der Waals surface area contributed by atoms with Crippen molar-refractivity contribution in [2.75, 3.05) is 39.2 Å². The number of fused-ring (bicyclic) bond motifs is 1. The molecule has 31 heavy (non-hydrogen) atoms. The van der Waals surface area contributed by atoms with Crippen molar-refractivity contribution < 1.29 is 19.0 Å². The fourth-order valence-corrected chi connectivity index (χ4v) is 4.88. The SMILES string of the molecule is COc1c(N(C)C[C@@H]2CCCN(C)[C@@H]2C)c(F)cc2c(=O)c(C(=O)O)cn(C3CC3)c12. The van der Waals surface area contributed by atoms with Crippen LogP contribution >= 0.6 is 0 Å². The third-order valence-corrected chi connectivity index (χ3v) is 6.93. The predicted octanol–water partition coefficient (Wildman–Crippen LogP) is 3.35. The lowest BCUT2D eigenvalue weighted by atomic mass is 9.90. The number of nitrogens with zero attached hydrogens (tertiary/aromatic N) is 3. The number of piperidine rings is 1. The van der Waals surface area contributed by atoms with Gasteiger partial charge in [-0.3, -0.25) is 4.79 Å². The number of anilines is 1. The van der Waals surface area contributed by atoms with Crippen LogP contribution in [-0.4, -0.2) is 60.9 Å². The number of aromatic carboxylic acids is 1. The number of hydrogen-bond acceptors (Lipinski definition) is 5. The molecule has 1 aromatic carbocycles.